The Bertz CT molecular complexity index is 551. The highest BCUT2D eigenvalue weighted by Gasteiger charge is 2.00. The van der Waals surface area contributed by atoms with Crippen LogP contribution in [0.2, 0.25) is 0 Å². The molecule has 0 aromatic heterocycles. The number of hydrogen-bond donors (Lipinski definition) is 1. The third-order valence-electron chi connectivity index (χ3n) is 3.18. The molecule has 0 saturated heterocycles. The lowest BCUT2D eigenvalue weighted by atomic mass is 10.2. The van der Waals surface area contributed by atoms with Crippen LogP contribution >= 0.6 is 11.8 Å². The molecule has 0 amide bonds. The minimum atomic E-state index is 0.520. The lowest BCUT2D eigenvalue weighted by Crippen LogP contribution is -2.21. The number of nitrogens with one attached hydrogen (secondary N) is 1. The molecule has 0 radical (unpaired) electrons. The molecule has 3 heteroatoms. The summed E-state index contributed by atoms with van der Waals surface area (Å²) in [5.74, 6) is 1.88. The van der Waals surface area contributed by atoms with Gasteiger partial charge in [0.1, 0.15) is 5.75 Å². The van der Waals surface area contributed by atoms with Gasteiger partial charge in [-0.2, -0.15) is 0 Å². The smallest absolute Gasteiger partial charge is 0.119 e. The zero-order chi connectivity index (χ0) is 15.1. The zero-order valence-electron chi connectivity index (χ0n) is 12.9. The summed E-state index contributed by atoms with van der Waals surface area (Å²) in [5.41, 5.74) is 2.61. The van der Waals surface area contributed by atoms with Crippen LogP contribution in [0, 0.1) is 0 Å². The van der Waals surface area contributed by atoms with Crippen LogP contribution in [0.4, 0.5) is 0 Å². The van der Waals surface area contributed by atoms with Crippen molar-refractivity contribution >= 4 is 11.8 Å². The average Bonchev–Trinajstić information content (AvgIpc) is 2.52. The van der Waals surface area contributed by atoms with Crippen molar-refractivity contribution in [1.29, 1.82) is 0 Å². The number of hydrogen-bond acceptors (Lipinski definition) is 3. The van der Waals surface area contributed by atoms with Crippen molar-refractivity contribution in [2.75, 3.05) is 7.11 Å². The van der Waals surface area contributed by atoms with Crippen molar-refractivity contribution in [3.8, 4) is 5.75 Å². The number of thioether (sulfide) groups is 1. The second kappa shape index (κ2) is 8.11. The van der Waals surface area contributed by atoms with E-state index in [4.69, 9.17) is 4.74 Å². The van der Waals surface area contributed by atoms with E-state index >= 15 is 0 Å². The van der Waals surface area contributed by atoms with Crippen LogP contribution in [-0.2, 0) is 12.3 Å². The van der Waals surface area contributed by atoms with Crippen LogP contribution in [0.3, 0.4) is 0 Å². The number of ether oxygens (including phenoxy) is 1. The van der Waals surface area contributed by atoms with Crippen LogP contribution in [0.25, 0.3) is 0 Å². The molecule has 21 heavy (non-hydrogen) atoms. The van der Waals surface area contributed by atoms with Gasteiger partial charge in [-0.25, -0.2) is 0 Å². The second-order valence-electron chi connectivity index (χ2n) is 5.32. The summed E-state index contributed by atoms with van der Waals surface area (Å²) in [6.07, 6.45) is 0. The molecular weight excluding hydrogens is 278 g/mol. The predicted molar refractivity (Wildman–Crippen MR) is 91.0 cm³/mol. The van der Waals surface area contributed by atoms with Crippen molar-refractivity contribution in [3.63, 3.8) is 0 Å². The summed E-state index contributed by atoms with van der Waals surface area (Å²) < 4.78 is 5.25. The van der Waals surface area contributed by atoms with E-state index in [1.807, 2.05) is 23.9 Å². The van der Waals surface area contributed by atoms with Gasteiger partial charge >= 0.3 is 0 Å². The second-order valence-corrected chi connectivity index (χ2v) is 6.37. The Morgan fingerprint density at radius 1 is 1.05 bits per heavy atom. The van der Waals surface area contributed by atoms with Crippen molar-refractivity contribution < 1.29 is 4.74 Å². The highest BCUT2D eigenvalue weighted by atomic mass is 32.2. The van der Waals surface area contributed by atoms with Gasteiger partial charge in [-0.3, -0.25) is 0 Å². The summed E-state index contributed by atoms with van der Waals surface area (Å²) in [7, 11) is 1.70. The molecular formula is C18H23NOS. The molecule has 2 rings (SSSR count). The van der Waals surface area contributed by atoms with Gasteiger partial charge in [-0.05, 0) is 35.4 Å². The molecule has 0 atom stereocenters. The van der Waals surface area contributed by atoms with Crippen LogP contribution in [0.5, 0.6) is 5.75 Å². The maximum absolute atomic E-state index is 5.25. The first kappa shape index (κ1) is 15.9. The molecule has 0 bridgehead atoms. The Kier molecular flexibility index (Phi) is 6.15. The fourth-order valence-corrected chi connectivity index (χ4v) is 2.80. The van der Waals surface area contributed by atoms with E-state index in [9.17, 15) is 0 Å². The maximum atomic E-state index is 5.25. The highest BCUT2D eigenvalue weighted by molar-refractivity contribution is 7.98. The van der Waals surface area contributed by atoms with Crippen LogP contribution < -0.4 is 10.1 Å². The maximum Gasteiger partial charge on any atom is 0.119 e. The zero-order valence-corrected chi connectivity index (χ0v) is 13.7. The van der Waals surface area contributed by atoms with Gasteiger partial charge in [0.2, 0.25) is 0 Å². The minimum absolute atomic E-state index is 0.520. The van der Waals surface area contributed by atoms with Crippen LogP contribution in [0.15, 0.2) is 53.4 Å². The average molecular weight is 301 g/mol. The van der Waals surface area contributed by atoms with E-state index in [-0.39, 0.29) is 0 Å². The van der Waals surface area contributed by atoms with Gasteiger partial charge in [0.15, 0.2) is 0 Å². The summed E-state index contributed by atoms with van der Waals surface area (Å²) in [4.78, 5) is 1.30. The molecule has 0 spiro atoms. The molecule has 0 aliphatic heterocycles. The summed E-state index contributed by atoms with van der Waals surface area (Å²) >= 11 is 1.85. The third kappa shape index (κ3) is 5.44. The SMILES string of the molecule is COc1cccc(CSc2ccc(CNC(C)C)cc2)c1. The molecule has 112 valence electrons. The first-order valence-electron chi connectivity index (χ1n) is 7.25. The predicted octanol–water partition coefficient (Wildman–Crippen LogP) is 4.49. The molecule has 0 unspecified atom stereocenters. The number of methoxy groups -OCH3 is 1. The lowest BCUT2D eigenvalue weighted by molar-refractivity contribution is 0.414. The molecule has 0 aliphatic rings. The highest BCUT2D eigenvalue weighted by Crippen LogP contribution is 2.24. The fourth-order valence-electron chi connectivity index (χ4n) is 1.95. The van der Waals surface area contributed by atoms with E-state index in [1.165, 1.54) is 16.0 Å². The fraction of sp³-hybridized carbons (Fsp3) is 0.333. The van der Waals surface area contributed by atoms with E-state index in [0.29, 0.717) is 6.04 Å². The number of benzene rings is 2. The molecule has 2 aromatic carbocycles. The Morgan fingerprint density at radius 2 is 1.81 bits per heavy atom. The largest absolute Gasteiger partial charge is 0.497 e. The normalized spacial score (nSPS) is 10.9. The summed E-state index contributed by atoms with van der Waals surface area (Å²) in [5, 5.41) is 3.43. The van der Waals surface area contributed by atoms with Crippen molar-refractivity contribution in [3.05, 3.63) is 59.7 Å². The van der Waals surface area contributed by atoms with Gasteiger partial charge in [-0.15, -0.1) is 11.8 Å². The topological polar surface area (TPSA) is 21.3 Å². The quantitative estimate of drug-likeness (QED) is 0.762. The number of rotatable bonds is 7. The van der Waals surface area contributed by atoms with Crippen LogP contribution in [0.1, 0.15) is 25.0 Å². The molecule has 1 N–H and O–H groups in total. The van der Waals surface area contributed by atoms with Crippen molar-refractivity contribution in [2.24, 2.45) is 0 Å². The van der Waals surface area contributed by atoms with Gasteiger partial charge in [0.25, 0.3) is 0 Å². The van der Waals surface area contributed by atoms with E-state index < -0.39 is 0 Å². The van der Waals surface area contributed by atoms with Gasteiger partial charge in [-0.1, -0.05) is 38.1 Å². The first-order valence-corrected chi connectivity index (χ1v) is 8.24. The molecule has 0 aliphatic carbocycles. The third-order valence-corrected chi connectivity index (χ3v) is 4.26. The molecule has 0 fully saturated rings. The first-order chi connectivity index (χ1) is 10.2. The van der Waals surface area contributed by atoms with Gasteiger partial charge in [0, 0.05) is 23.2 Å². The van der Waals surface area contributed by atoms with Gasteiger partial charge < -0.3 is 10.1 Å². The Morgan fingerprint density at radius 3 is 2.48 bits per heavy atom. The Labute approximate surface area is 131 Å². The Hall–Kier alpha value is -1.45. The van der Waals surface area contributed by atoms with Crippen molar-refractivity contribution in [1.82, 2.24) is 5.32 Å². The van der Waals surface area contributed by atoms with E-state index in [0.717, 1.165) is 18.0 Å². The molecule has 0 heterocycles. The van der Waals surface area contributed by atoms with Gasteiger partial charge in [0.05, 0.1) is 7.11 Å². The molecule has 2 aromatic rings. The standard InChI is InChI=1S/C18H23NOS/c1-14(2)19-12-15-7-9-18(10-8-15)21-13-16-5-4-6-17(11-16)20-3/h4-11,14,19H,12-13H2,1-3H3. The Balaban J connectivity index is 1.88. The van der Waals surface area contributed by atoms with E-state index in [1.54, 1.807) is 7.11 Å². The van der Waals surface area contributed by atoms with Crippen LogP contribution in [-0.4, -0.2) is 13.2 Å². The molecule has 0 saturated carbocycles. The lowest BCUT2D eigenvalue weighted by Gasteiger charge is -2.09. The minimum Gasteiger partial charge on any atom is -0.497 e. The molecule has 2 nitrogen and oxygen atoms in total. The van der Waals surface area contributed by atoms with Crippen molar-refractivity contribution in [2.45, 2.75) is 37.1 Å². The summed E-state index contributed by atoms with van der Waals surface area (Å²) in [6.45, 7) is 5.26. The monoisotopic (exact) mass is 301 g/mol. The van der Waals surface area contributed by atoms with E-state index in [2.05, 4.69) is 55.6 Å². The summed E-state index contributed by atoms with van der Waals surface area (Å²) in [6, 6.07) is 17.5.